The first-order valence-electron chi connectivity index (χ1n) is 10.0. The lowest BCUT2D eigenvalue weighted by Gasteiger charge is -2.33. The van der Waals surface area contributed by atoms with Crippen LogP contribution in [0.15, 0.2) is 53.9 Å². The molecule has 1 saturated heterocycles. The third-order valence-electron chi connectivity index (χ3n) is 5.01. The Labute approximate surface area is 193 Å². The van der Waals surface area contributed by atoms with Crippen LogP contribution < -0.4 is 10.6 Å². The van der Waals surface area contributed by atoms with E-state index in [4.69, 9.17) is 11.6 Å². The van der Waals surface area contributed by atoms with Gasteiger partial charge in [-0.2, -0.15) is 0 Å². The Morgan fingerprint density at radius 2 is 1.72 bits per heavy atom. The fourth-order valence-electron chi connectivity index (χ4n) is 3.33. The van der Waals surface area contributed by atoms with Gasteiger partial charge in [-0.25, -0.2) is 9.37 Å². The van der Waals surface area contributed by atoms with Crippen LogP contribution in [-0.4, -0.2) is 59.3 Å². The zero-order valence-corrected chi connectivity index (χ0v) is 18.6. The van der Waals surface area contributed by atoms with Crippen LogP contribution >= 0.6 is 22.9 Å². The fourth-order valence-corrected chi connectivity index (χ4v) is 4.21. The van der Waals surface area contributed by atoms with Gasteiger partial charge in [-0.1, -0.05) is 35.9 Å². The minimum atomic E-state index is -0.470. The summed E-state index contributed by atoms with van der Waals surface area (Å²) in [7, 11) is 0. The normalized spacial score (nSPS) is 14.2. The van der Waals surface area contributed by atoms with Gasteiger partial charge in [-0.05, 0) is 24.3 Å². The summed E-state index contributed by atoms with van der Waals surface area (Å²) in [6.45, 7) is 2.20. The van der Waals surface area contributed by atoms with Gasteiger partial charge in [-0.15, -0.1) is 11.3 Å². The lowest BCUT2D eigenvalue weighted by molar-refractivity contribution is -0.117. The summed E-state index contributed by atoms with van der Waals surface area (Å²) >= 11 is 7.49. The average molecular weight is 474 g/mol. The van der Waals surface area contributed by atoms with E-state index in [0.717, 1.165) is 5.69 Å². The maximum Gasteiger partial charge on any atom is 0.273 e. The topological polar surface area (TPSA) is 77.6 Å². The van der Waals surface area contributed by atoms with Gasteiger partial charge >= 0.3 is 0 Å². The van der Waals surface area contributed by atoms with E-state index in [1.807, 2.05) is 23.1 Å². The Bertz CT molecular complexity index is 1120. The Kier molecular flexibility index (Phi) is 6.99. The van der Waals surface area contributed by atoms with Crippen molar-refractivity contribution >= 4 is 51.3 Å². The van der Waals surface area contributed by atoms with Crippen LogP contribution in [0, 0.1) is 5.82 Å². The molecule has 32 heavy (non-hydrogen) atoms. The van der Waals surface area contributed by atoms with Gasteiger partial charge in [-0.3, -0.25) is 14.5 Å². The smallest absolute Gasteiger partial charge is 0.273 e. The molecule has 2 aromatic carbocycles. The summed E-state index contributed by atoms with van der Waals surface area (Å²) in [5, 5.41) is 8.59. The summed E-state index contributed by atoms with van der Waals surface area (Å²) < 4.78 is 13.7. The maximum atomic E-state index is 13.7. The molecule has 166 valence electrons. The highest BCUT2D eigenvalue weighted by atomic mass is 35.5. The van der Waals surface area contributed by atoms with E-state index in [9.17, 15) is 14.0 Å². The molecule has 0 bridgehead atoms. The summed E-state index contributed by atoms with van der Waals surface area (Å²) in [6, 6.07) is 13.4. The molecule has 2 N–H and O–H groups in total. The molecule has 0 radical (unpaired) electrons. The Balaban J connectivity index is 1.27. The second-order valence-corrected chi connectivity index (χ2v) is 8.50. The Morgan fingerprint density at radius 1 is 1.03 bits per heavy atom. The van der Waals surface area contributed by atoms with Crippen LogP contribution in [0.3, 0.4) is 0 Å². The maximum absolute atomic E-state index is 13.7. The van der Waals surface area contributed by atoms with Gasteiger partial charge in [0.25, 0.3) is 5.91 Å². The van der Waals surface area contributed by atoms with E-state index in [0.29, 0.717) is 42.0 Å². The van der Waals surface area contributed by atoms with E-state index in [2.05, 4.69) is 15.6 Å². The number of nitrogens with zero attached hydrogens (tertiary/aromatic N) is 3. The number of halogens is 2. The van der Waals surface area contributed by atoms with Crippen molar-refractivity contribution in [3.05, 3.63) is 70.4 Å². The van der Waals surface area contributed by atoms with Crippen LogP contribution in [0.4, 0.5) is 20.9 Å². The minimum Gasteiger partial charge on any atom is -0.335 e. The van der Waals surface area contributed by atoms with Crippen LogP contribution in [0.1, 0.15) is 10.5 Å². The van der Waals surface area contributed by atoms with Crippen molar-refractivity contribution in [1.82, 2.24) is 14.8 Å². The quantitative estimate of drug-likeness (QED) is 0.564. The number of rotatable bonds is 6. The number of hydrogen-bond acceptors (Lipinski definition) is 6. The molecule has 4 rings (SSSR count). The van der Waals surface area contributed by atoms with Crippen LogP contribution in [0.5, 0.6) is 0 Å². The zero-order chi connectivity index (χ0) is 22.5. The molecule has 1 fully saturated rings. The molecule has 0 atom stereocenters. The monoisotopic (exact) mass is 473 g/mol. The molecule has 0 spiro atoms. The largest absolute Gasteiger partial charge is 0.335 e. The minimum absolute atomic E-state index is 0.138. The van der Waals surface area contributed by atoms with Crippen molar-refractivity contribution in [3.63, 3.8) is 0 Å². The molecule has 1 aliphatic heterocycles. The number of thiazole rings is 1. The molecular weight excluding hydrogens is 453 g/mol. The first-order chi connectivity index (χ1) is 15.5. The van der Waals surface area contributed by atoms with Crippen LogP contribution in [0.2, 0.25) is 5.02 Å². The van der Waals surface area contributed by atoms with Crippen molar-refractivity contribution in [3.8, 4) is 0 Å². The van der Waals surface area contributed by atoms with Gasteiger partial charge in [0, 0.05) is 31.6 Å². The van der Waals surface area contributed by atoms with Gasteiger partial charge in [0.05, 0.1) is 22.9 Å². The number of aromatic nitrogens is 1. The number of amides is 2. The third-order valence-corrected chi connectivity index (χ3v) is 6.10. The predicted octanol–water partition coefficient (Wildman–Crippen LogP) is 4.08. The van der Waals surface area contributed by atoms with E-state index >= 15 is 0 Å². The first kappa shape index (κ1) is 22.2. The van der Waals surface area contributed by atoms with Crippen LogP contribution in [-0.2, 0) is 4.79 Å². The summed E-state index contributed by atoms with van der Waals surface area (Å²) in [6.07, 6.45) is 0. The number of carbonyl (C=O) groups excluding carboxylic acids is 2. The van der Waals surface area contributed by atoms with Crippen molar-refractivity contribution in [1.29, 1.82) is 0 Å². The van der Waals surface area contributed by atoms with E-state index in [1.165, 1.54) is 23.5 Å². The van der Waals surface area contributed by atoms with Gasteiger partial charge in [0.1, 0.15) is 11.5 Å². The highest BCUT2D eigenvalue weighted by molar-refractivity contribution is 7.14. The lowest BCUT2D eigenvalue weighted by atomic mass is 10.2. The summed E-state index contributed by atoms with van der Waals surface area (Å²) in [5.74, 6) is -0.906. The highest BCUT2D eigenvalue weighted by Crippen LogP contribution is 2.27. The number of para-hydroxylation sites is 2. The molecular formula is C22H21ClFN5O2S. The summed E-state index contributed by atoms with van der Waals surface area (Å²) in [4.78, 5) is 33.1. The molecule has 0 unspecified atom stereocenters. The van der Waals surface area contributed by atoms with Crippen molar-refractivity contribution < 1.29 is 14.0 Å². The summed E-state index contributed by atoms with van der Waals surface area (Å²) in [5.41, 5.74) is 1.26. The molecule has 1 aliphatic rings. The second-order valence-electron chi connectivity index (χ2n) is 7.24. The van der Waals surface area contributed by atoms with E-state index < -0.39 is 5.82 Å². The number of anilines is 3. The molecule has 1 aromatic heterocycles. The Morgan fingerprint density at radius 3 is 2.44 bits per heavy atom. The van der Waals surface area contributed by atoms with Gasteiger partial charge in [0.15, 0.2) is 5.13 Å². The van der Waals surface area contributed by atoms with Gasteiger partial charge < -0.3 is 15.5 Å². The number of nitrogens with one attached hydrogen (secondary N) is 2. The average Bonchev–Trinajstić information content (AvgIpc) is 3.25. The molecule has 2 heterocycles. The molecule has 0 aliphatic carbocycles. The fraction of sp³-hybridized carbons (Fsp3) is 0.227. The van der Waals surface area contributed by atoms with E-state index in [-0.39, 0.29) is 24.0 Å². The van der Waals surface area contributed by atoms with E-state index in [1.54, 1.807) is 28.5 Å². The molecule has 0 saturated carbocycles. The number of piperazine rings is 1. The molecule has 2 amide bonds. The predicted molar refractivity (Wildman–Crippen MR) is 124 cm³/mol. The molecule has 3 aromatic rings. The number of benzene rings is 2. The molecule has 10 heteroatoms. The first-order valence-corrected chi connectivity index (χ1v) is 11.3. The van der Waals surface area contributed by atoms with Crippen molar-refractivity contribution in [2.75, 3.05) is 43.4 Å². The number of carbonyl (C=O) groups is 2. The zero-order valence-electron chi connectivity index (χ0n) is 17.1. The lowest BCUT2D eigenvalue weighted by Crippen LogP contribution is -2.50. The Hall–Kier alpha value is -3.01. The number of hydrogen-bond donors (Lipinski definition) is 2. The van der Waals surface area contributed by atoms with Crippen molar-refractivity contribution in [2.45, 2.75) is 0 Å². The van der Waals surface area contributed by atoms with Gasteiger partial charge in [0.2, 0.25) is 5.91 Å². The van der Waals surface area contributed by atoms with Crippen molar-refractivity contribution in [2.24, 2.45) is 0 Å². The van der Waals surface area contributed by atoms with Crippen LogP contribution in [0.25, 0.3) is 0 Å². The third kappa shape index (κ3) is 5.42. The highest BCUT2D eigenvalue weighted by Gasteiger charge is 2.25. The SMILES string of the molecule is O=C(CN1CCN(C(=O)c2csc(Nc3ccccc3Cl)n2)CC1)Nc1ccccc1F. The second kappa shape index (κ2) is 10.1. The molecule has 7 nitrogen and oxygen atoms in total. The standard InChI is InChI=1S/C22H21ClFN5O2S/c23-15-5-1-3-7-17(15)26-22-27-19(14-32-22)21(31)29-11-9-28(10-12-29)13-20(30)25-18-8-4-2-6-16(18)24/h1-8,14H,9-13H2,(H,25,30)(H,26,27).